The molecule has 5 atom stereocenters. The van der Waals surface area contributed by atoms with E-state index in [0.717, 1.165) is 11.3 Å². The van der Waals surface area contributed by atoms with Crippen LogP contribution >= 0.6 is 0 Å². The molecule has 1 aliphatic rings. The Bertz CT molecular complexity index is 996. The number of ether oxygens (including phenoxy) is 2. The molecule has 3 aromatic rings. The van der Waals surface area contributed by atoms with Crippen LogP contribution in [0.15, 0.2) is 52.9 Å². The van der Waals surface area contributed by atoms with E-state index in [9.17, 15) is 25.5 Å². The molecular weight excluding hydrogens is 380 g/mol. The van der Waals surface area contributed by atoms with Gasteiger partial charge in [-0.2, -0.15) is 0 Å². The van der Waals surface area contributed by atoms with Crippen molar-refractivity contribution in [3.63, 3.8) is 0 Å². The minimum absolute atomic E-state index is 0.156. The minimum atomic E-state index is -2.31. The summed E-state index contributed by atoms with van der Waals surface area (Å²) in [5.74, 6) is -0.991. The number of aliphatic hydroxyl groups is 5. The number of fused-ring (bicyclic) bond motifs is 1. The molecule has 0 saturated carbocycles. The highest BCUT2D eigenvalue weighted by molar-refractivity contribution is 5.83. The molecule has 154 valence electrons. The number of hydrogen-bond donors (Lipinski definition) is 5. The predicted molar refractivity (Wildman–Crippen MR) is 102 cm³/mol. The number of aliphatic hydroxyl groups excluding tert-OH is 4. The maximum absolute atomic E-state index is 10.9. The van der Waals surface area contributed by atoms with Crippen molar-refractivity contribution in [1.29, 1.82) is 0 Å². The lowest BCUT2D eigenvalue weighted by Crippen LogP contribution is -2.63. The van der Waals surface area contributed by atoms with E-state index in [-0.39, 0.29) is 5.56 Å². The highest BCUT2D eigenvalue weighted by Gasteiger charge is 2.53. The summed E-state index contributed by atoms with van der Waals surface area (Å²) in [6.45, 7) is -0.636. The molecule has 0 aliphatic carbocycles. The maximum atomic E-state index is 10.9. The van der Waals surface area contributed by atoms with Gasteiger partial charge < -0.3 is 39.4 Å². The van der Waals surface area contributed by atoms with E-state index in [1.54, 1.807) is 25.3 Å². The zero-order valence-corrected chi connectivity index (χ0v) is 15.6. The molecule has 8 heteroatoms. The first-order chi connectivity index (χ1) is 13.9. The van der Waals surface area contributed by atoms with Gasteiger partial charge in [-0.25, -0.2) is 0 Å². The molecule has 0 spiro atoms. The number of furan rings is 1. The number of hydrogen-bond acceptors (Lipinski definition) is 8. The fourth-order valence-corrected chi connectivity index (χ4v) is 3.56. The lowest BCUT2D eigenvalue weighted by atomic mass is 9.88. The molecule has 0 radical (unpaired) electrons. The number of methoxy groups -OCH3 is 1. The van der Waals surface area contributed by atoms with Gasteiger partial charge in [0.25, 0.3) is 0 Å². The van der Waals surface area contributed by atoms with E-state index in [0.29, 0.717) is 16.7 Å². The summed E-state index contributed by atoms with van der Waals surface area (Å²) in [6, 6.07) is 13.8. The topological polar surface area (TPSA) is 133 Å². The summed E-state index contributed by atoms with van der Waals surface area (Å²) in [7, 11) is 1.58. The quantitative estimate of drug-likeness (QED) is 0.431. The Kier molecular flexibility index (Phi) is 5.07. The molecule has 29 heavy (non-hydrogen) atoms. The summed E-state index contributed by atoms with van der Waals surface area (Å²) >= 11 is 0. The van der Waals surface area contributed by atoms with Crippen LogP contribution in [-0.2, 0) is 10.5 Å². The van der Waals surface area contributed by atoms with Gasteiger partial charge >= 0.3 is 0 Å². The number of benzene rings is 2. The van der Waals surface area contributed by atoms with E-state index in [2.05, 4.69) is 0 Å². The van der Waals surface area contributed by atoms with E-state index in [1.165, 1.54) is 6.07 Å². The van der Waals surface area contributed by atoms with Crippen LogP contribution in [0.1, 0.15) is 5.56 Å². The monoisotopic (exact) mass is 402 g/mol. The first-order valence-electron chi connectivity index (χ1n) is 9.11. The van der Waals surface area contributed by atoms with Crippen LogP contribution in [0, 0.1) is 0 Å². The van der Waals surface area contributed by atoms with E-state index in [4.69, 9.17) is 13.9 Å². The van der Waals surface area contributed by atoms with Crippen molar-refractivity contribution in [1.82, 2.24) is 0 Å². The van der Waals surface area contributed by atoms with Crippen LogP contribution in [-0.4, -0.2) is 63.7 Å². The van der Waals surface area contributed by atoms with Gasteiger partial charge in [-0.15, -0.1) is 0 Å². The van der Waals surface area contributed by atoms with Gasteiger partial charge in [0.15, 0.2) is 0 Å². The second-order valence-electron chi connectivity index (χ2n) is 7.05. The molecule has 0 unspecified atom stereocenters. The summed E-state index contributed by atoms with van der Waals surface area (Å²) in [5.41, 5.74) is 1.53. The third kappa shape index (κ3) is 3.29. The second kappa shape index (κ2) is 7.42. The molecule has 4 rings (SSSR count). The van der Waals surface area contributed by atoms with Crippen LogP contribution < -0.4 is 4.74 Å². The molecule has 2 aromatic carbocycles. The first kappa shape index (κ1) is 19.8. The average molecular weight is 402 g/mol. The molecule has 1 saturated heterocycles. The van der Waals surface area contributed by atoms with Crippen molar-refractivity contribution in [2.24, 2.45) is 0 Å². The zero-order chi connectivity index (χ0) is 20.8. The summed E-state index contributed by atoms with van der Waals surface area (Å²) < 4.78 is 16.4. The van der Waals surface area contributed by atoms with E-state index < -0.39 is 36.8 Å². The first-order valence-corrected chi connectivity index (χ1v) is 9.11. The molecule has 0 bridgehead atoms. The van der Waals surface area contributed by atoms with Gasteiger partial charge in [0.05, 0.1) is 13.7 Å². The smallest absolute Gasteiger partial charge is 0.222 e. The summed E-state index contributed by atoms with van der Waals surface area (Å²) in [6.07, 6.45) is -6.30. The number of rotatable bonds is 4. The van der Waals surface area contributed by atoms with Crippen LogP contribution in [0.4, 0.5) is 0 Å². The van der Waals surface area contributed by atoms with Crippen LogP contribution in [0.2, 0.25) is 0 Å². The van der Waals surface area contributed by atoms with Crippen molar-refractivity contribution < 1.29 is 39.4 Å². The van der Waals surface area contributed by atoms with Crippen molar-refractivity contribution in [3.05, 3.63) is 54.1 Å². The predicted octanol–water partition coefficient (Wildman–Crippen LogP) is 0.727. The largest absolute Gasteiger partial charge is 0.497 e. The molecule has 1 aliphatic heterocycles. The summed E-state index contributed by atoms with van der Waals surface area (Å²) in [4.78, 5) is 0. The van der Waals surface area contributed by atoms with Crippen LogP contribution in [0.3, 0.4) is 0 Å². The lowest BCUT2D eigenvalue weighted by molar-refractivity contribution is -0.357. The maximum Gasteiger partial charge on any atom is 0.222 e. The third-order valence-electron chi connectivity index (χ3n) is 5.27. The minimum Gasteiger partial charge on any atom is -0.497 e. The van der Waals surface area contributed by atoms with Crippen molar-refractivity contribution >= 4 is 11.0 Å². The Morgan fingerprint density at radius 3 is 2.38 bits per heavy atom. The third-order valence-corrected chi connectivity index (χ3v) is 5.27. The zero-order valence-electron chi connectivity index (χ0n) is 15.6. The van der Waals surface area contributed by atoms with Gasteiger partial charge in [0.2, 0.25) is 5.79 Å². The van der Waals surface area contributed by atoms with Crippen LogP contribution in [0.5, 0.6) is 5.75 Å². The Morgan fingerprint density at radius 2 is 1.72 bits per heavy atom. The van der Waals surface area contributed by atoms with Gasteiger partial charge in [-0.05, 0) is 48.5 Å². The normalized spacial score (nSPS) is 29.9. The molecular formula is C21H22O8. The Hall–Kier alpha value is -2.46. The fraction of sp³-hybridized carbons (Fsp3) is 0.333. The molecule has 5 N–H and O–H groups in total. The lowest BCUT2D eigenvalue weighted by Gasteiger charge is -2.45. The molecule has 1 fully saturated rings. The van der Waals surface area contributed by atoms with Gasteiger partial charge in [-0.3, -0.25) is 0 Å². The van der Waals surface area contributed by atoms with Crippen LogP contribution in [0.25, 0.3) is 22.3 Å². The van der Waals surface area contributed by atoms with E-state index >= 15 is 0 Å². The molecule has 1 aromatic heterocycles. The Balaban J connectivity index is 1.71. The standard InChI is InChI=1S/C21H22O8/c1-27-14-5-2-11(3-6-14)16-9-12-8-13(4-7-15(12)28-16)21(26)20(25)19(24)18(23)17(10-22)29-21/h2-9,17-20,22-26H,10H2,1H3/t17-,18-,19+,20-,21+/m1/s1. The van der Waals surface area contributed by atoms with E-state index in [1.807, 2.05) is 24.3 Å². The van der Waals surface area contributed by atoms with Gasteiger partial charge in [0, 0.05) is 16.5 Å². The van der Waals surface area contributed by atoms with Gasteiger partial charge in [-0.1, -0.05) is 0 Å². The highest BCUT2D eigenvalue weighted by atomic mass is 16.7. The molecule has 8 nitrogen and oxygen atoms in total. The van der Waals surface area contributed by atoms with Crippen molar-refractivity contribution in [3.8, 4) is 17.1 Å². The Morgan fingerprint density at radius 1 is 1.00 bits per heavy atom. The van der Waals surface area contributed by atoms with Crippen molar-refractivity contribution in [2.45, 2.75) is 30.2 Å². The van der Waals surface area contributed by atoms with Crippen molar-refractivity contribution in [2.75, 3.05) is 13.7 Å². The summed E-state index contributed by atoms with van der Waals surface area (Å²) in [5, 5.41) is 51.3. The average Bonchev–Trinajstić information content (AvgIpc) is 3.18. The highest BCUT2D eigenvalue weighted by Crippen LogP contribution is 2.38. The molecule has 0 amide bonds. The second-order valence-corrected chi connectivity index (χ2v) is 7.05. The molecule has 2 heterocycles. The Labute approximate surface area is 166 Å². The SMILES string of the molecule is COc1ccc(-c2cc3cc([C@]4(O)O[C@H](CO)[C@@H](O)[C@H](O)[C@H]4O)ccc3o2)cc1. The fourth-order valence-electron chi connectivity index (χ4n) is 3.56. The van der Waals surface area contributed by atoms with Gasteiger partial charge in [0.1, 0.15) is 41.5 Å².